The first-order valence-electron chi connectivity index (χ1n) is 11.8. The molecule has 0 aromatic heterocycles. The van der Waals surface area contributed by atoms with Gasteiger partial charge in [0.2, 0.25) is 0 Å². The molecule has 8 rings (SSSR count). The van der Waals surface area contributed by atoms with Gasteiger partial charge in [-0.25, -0.2) is 0 Å². The molecule has 3 aromatic carbocycles. The van der Waals surface area contributed by atoms with E-state index in [1.807, 2.05) is 6.07 Å². The van der Waals surface area contributed by atoms with Gasteiger partial charge in [-0.1, -0.05) is 78.9 Å². The van der Waals surface area contributed by atoms with Crippen molar-refractivity contribution in [3.63, 3.8) is 0 Å². The molecule has 150 valence electrons. The van der Waals surface area contributed by atoms with Crippen molar-refractivity contribution >= 4 is 11.4 Å². The van der Waals surface area contributed by atoms with Crippen molar-refractivity contribution in [1.29, 1.82) is 0 Å². The lowest BCUT2D eigenvalue weighted by Crippen LogP contribution is -2.39. The van der Waals surface area contributed by atoms with E-state index in [9.17, 15) is 4.79 Å². The molecule has 3 aromatic rings. The van der Waals surface area contributed by atoms with Crippen LogP contribution in [0.15, 0.2) is 84.4 Å². The number of carbonyl (C=O) groups is 1. The van der Waals surface area contributed by atoms with E-state index in [1.54, 1.807) is 11.1 Å². The van der Waals surface area contributed by atoms with Crippen LogP contribution in [0.25, 0.3) is 5.57 Å². The van der Waals surface area contributed by atoms with Crippen LogP contribution in [0, 0.1) is 29.6 Å². The Morgan fingerprint density at radius 2 is 1.26 bits per heavy atom. The Morgan fingerprint density at radius 1 is 0.613 bits per heavy atom. The zero-order chi connectivity index (χ0) is 20.3. The van der Waals surface area contributed by atoms with Gasteiger partial charge in [0.15, 0.2) is 5.78 Å². The zero-order valence-electron chi connectivity index (χ0n) is 17.4. The fourth-order valence-electron chi connectivity index (χ4n) is 8.72. The Balaban J connectivity index is 1.38. The number of hydrogen-bond acceptors (Lipinski definition) is 1. The van der Waals surface area contributed by atoms with Crippen molar-refractivity contribution in [2.24, 2.45) is 29.6 Å². The number of Topliss-reactive ketones (excluding diaryl/α,β-unsaturated/α-hetero) is 1. The third kappa shape index (κ3) is 1.88. The molecule has 0 spiro atoms. The van der Waals surface area contributed by atoms with Gasteiger partial charge in [-0.3, -0.25) is 4.79 Å². The quantitative estimate of drug-likeness (QED) is 0.428. The largest absolute Gasteiger partial charge is 0.293 e. The van der Waals surface area contributed by atoms with Crippen molar-refractivity contribution in [1.82, 2.24) is 0 Å². The van der Waals surface area contributed by atoms with Gasteiger partial charge in [0.1, 0.15) is 0 Å². The summed E-state index contributed by atoms with van der Waals surface area (Å²) in [5.74, 6) is 4.38. The van der Waals surface area contributed by atoms with Gasteiger partial charge in [0.25, 0.3) is 0 Å². The Hall–Kier alpha value is -2.93. The monoisotopic (exact) mass is 400 g/mol. The van der Waals surface area contributed by atoms with E-state index < -0.39 is 0 Å². The van der Waals surface area contributed by atoms with Crippen molar-refractivity contribution in [2.75, 3.05) is 0 Å². The van der Waals surface area contributed by atoms with Crippen LogP contribution in [-0.4, -0.2) is 5.78 Å². The lowest BCUT2D eigenvalue weighted by Gasteiger charge is -2.43. The summed E-state index contributed by atoms with van der Waals surface area (Å²) < 4.78 is 0. The van der Waals surface area contributed by atoms with Crippen LogP contribution in [0.2, 0.25) is 0 Å². The van der Waals surface area contributed by atoms with Gasteiger partial charge in [0, 0.05) is 11.5 Å². The summed E-state index contributed by atoms with van der Waals surface area (Å²) in [6.07, 6.45) is 2.52. The number of fused-ring (bicyclic) bond motifs is 16. The van der Waals surface area contributed by atoms with Crippen LogP contribution in [0.5, 0.6) is 0 Å². The van der Waals surface area contributed by atoms with Crippen LogP contribution in [0.3, 0.4) is 0 Å². The summed E-state index contributed by atoms with van der Waals surface area (Å²) in [7, 11) is 0. The minimum absolute atomic E-state index is 0.0999. The topological polar surface area (TPSA) is 17.1 Å². The average molecular weight is 401 g/mol. The lowest BCUT2D eigenvalue weighted by atomic mass is 9.60. The maximum Gasteiger partial charge on any atom is 0.170 e. The third-order valence-corrected chi connectivity index (χ3v) is 9.42. The van der Waals surface area contributed by atoms with Gasteiger partial charge >= 0.3 is 0 Å². The Morgan fingerprint density at radius 3 is 2.03 bits per heavy atom. The highest BCUT2D eigenvalue weighted by Crippen LogP contribution is 2.75. The van der Waals surface area contributed by atoms with E-state index in [0.717, 1.165) is 17.0 Å². The first-order chi connectivity index (χ1) is 15.3. The van der Waals surface area contributed by atoms with Crippen molar-refractivity contribution in [3.05, 3.63) is 112 Å². The maximum absolute atomic E-state index is 13.9. The molecule has 5 aliphatic rings. The minimum atomic E-state index is 0.0999. The number of rotatable bonds is 1. The molecule has 3 saturated carbocycles. The molecule has 1 nitrogen and oxygen atoms in total. The minimum Gasteiger partial charge on any atom is -0.293 e. The molecular weight excluding hydrogens is 376 g/mol. The Labute approximate surface area is 182 Å². The normalized spacial score (nSPS) is 35.7. The van der Waals surface area contributed by atoms with Gasteiger partial charge in [-0.15, -0.1) is 0 Å². The summed E-state index contributed by atoms with van der Waals surface area (Å²) in [6, 6.07) is 28.4. The highest BCUT2D eigenvalue weighted by molar-refractivity contribution is 6.10. The molecular formula is C30H24O. The zero-order valence-corrected chi connectivity index (χ0v) is 17.4. The van der Waals surface area contributed by atoms with Crippen LogP contribution < -0.4 is 0 Å². The fraction of sp³-hybridized carbons (Fsp3) is 0.300. The summed E-state index contributed by atoms with van der Waals surface area (Å²) in [6.45, 7) is 0. The molecule has 1 heteroatoms. The molecule has 0 radical (unpaired) electrons. The molecule has 0 unspecified atom stereocenters. The van der Waals surface area contributed by atoms with E-state index in [4.69, 9.17) is 0 Å². The molecule has 0 heterocycles. The van der Waals surface area contributed by atoms with Crippen molar-refractivity contribution < 1.29 is 4.79 Å². The molecule has 4 bridgehead atoms. The van der Waals surface area contributed by atoms with Crippen molar-refractivity contribution in [3.8, 4) is 0 Å². The fourth-order valence-corrected chi connectivity index (χ4v) is 8.72. The van der Waals surface area contributed by atoms with Crippen LogP contribution in [-0.2, 0) is 0 Å². The first-order valence-corrected chi connectivity index (χ1v) is 11.8. The van der Waals surface area contributed by atoms with Gasteiger partial charge in [-0.05, 0) is 81.7 Å². The van der Waals surface area contributed by atoms with E-state index in [1.165, 1.54) is 29.6 Å². The SMILES string of the molecule is O=C1c2ccccc2C(c2ccccc2)=C2[C@H]1[C@@H]1C[C@H]2[C@H]2[C@@H]1[C@@H]1C[C@H]2c2ccccc21. The van der Waals surface area contributed by atoms with Crippen LogP contribution in [0.4, 0.5) is 0 Å². The van der Waals surface area contributed by atoms with E-state index in [-0.39, 0.29) is 5.92 Å². The van der Waals surface area contributed by atoms with E-state index >= 15 is 0 Å². The number of hydrogen-bond donors (Lipinski definition) is 0. The predicted molar refractivity (Wildman–Crippen MR) is 122 cm³/mol. The first kappa shape index (κ1) is 16.7. The smallest absolute Gasteiger partial charge is 0.170 e. The average Bonchev–Trinajstić information content (AvgIpc) is 3.58. The highest BCUT2D eigenvalue weighted by atomic mass is 16.1. The molecule has 0 N–H and O–H groups in total. The predicted octanol–water partition coefficient (Wildman–Crippen LogP) is 6.47. The third-order valence-electron chi connectivity index (χ3n) is 9.42. The number of allylic oxidation sites excluding steroid dienone is 1. The molecule has 31 heavy (non-hydrogen) atoms. The Bertz CT molecular complexity index is 1300. The van der Waals surface area contributed by atoms with Gasteiger partial charge < -0.3 is 0 Å². The highest BCUT2D eigenvalue weighted by Gasteiger charge is 2.67. The van der Waals surface area contributed by atoms with E-state index in [0.29, 0.717) is 35.4 Å². The number of carbonyl (C=O) groups excluding carboxylic acids is 1. The number of benzene rings is 3. The summed E-state index contributed by atoms with van der Waals surface area (Å²) >= 11 is 0. The summed E-state index contributed by atoms with van der Waals surface area (Å²) in [5, 5.41) is 0. The second kappa shape index (κ2) is 5.65. The van der Waals surface area contributed by atoms with Crippen LogP contribution >= 0.6 is 0 Å². The summed E-state index contributed by atoms with van der Waals surface area (Å²) in [5.41, 5.74) is 9.48. The van der Waals surface area contributed by atoms with Crippen molar-refractivity contribution in [2.45, 2.75) is 24.7 Å². The number of ketones is 1. The summed E-state index contributed by atoms with van der Waals surface area (Å²) in [4.78, 5) is 13.9. The molecule has 0 saturated heterocycles. The standard InChI is InChI=1S/C30H24O/c31-30-20-13-7-6-12-19(20)25(16-8-2-1-3-9-16)28-23-15-24(29(28)30)27-22-14-21(26(23)27)17-10-4-5-11-18(17)22/h1-13,21-24,26-27,29H,14-15H2/t21-,22+,23-,24+,26-,27+,29+/m0/s1. The lowest BCUT2D eigenvalue weighted by molar-refractivity contribution is 0.0853. The second-order valence-electron chi connectivity index (χ2n) is 10.3. The Kier molecular flexibility index (Phi) is 3.05. The maximum atomic E-state index is 13.9. The molecule has 7 atom stereocenters. The molecule has 3 fully saturated rings. The molecule has 5 aliphatic carbocycles. The van der Waals surface area contributed by atoms with Gasteiger partial charge in [-0.2, -0.15) is 0 Å². The van der Waals surface area contributed by atoms with E-state index in [2.05, 4.69) is 72.8 Å². The molecule has 0 aliphatic heterocycles. The second-order valence-corrected chi connectivity index (χ2v) is 10.3. The van der Waals surface area contributed by atoms with Crippen LogP contribution in [0.1, 0.15) is 57.3 Å². The molecule has 0 amide bonds. The van der Waals surface area contributed by atoms with Gasteiger partial charge in [0.05, 0.1) is 0 Å².